The maximum Gasteiger partial charge on any atom is 0.243 e. The quantitative estimate of drug-likeness (QED) is 0.921. The van der Waals surface area contributed by atoms with E-state index >= 15 is 0 Å². The molecule has 0 saturated carbocycles. The first-order chi connectivity index (χ1) is 9.34. The number of halogens is 2. The SMILES string of the molecule is CCC1CN(S(=O)(=O)c2cc(C)cc(F)c2)CCC1N.Cl. The molecule has 0 aliphatic carbocycles. The summed E-state index contributed by atoms with van der Waals surface area (Å²) in [6.07, 6.45) is 1.49. The summed E-state index contributed by atoms with van der Waals surface area (Å²) >= 11 is 0. The summed E-state index contributed by atoms with van der Waals surface area (Å²) in [7, 11) is -3.64. The molecule has 2 N–H and O–H groups in total. The van der Waals surface area contributed by atoms with E-state index in [1.165, 1.54) is 16.4 Å². The minimum atomic E-state index is -3.64. The predicted octanol–water partition coefficient (Wildman–Crippen LogP) is 2.30. The fraction of sp³-hybridized carbons (Fsp3) is 0.571. The van der Waals surface area contributed by atoms with Gasteiger partial charge in [-0.25, -0.2) is 12.8 Å². The van der Waals surface area contributed by atoms with E-state index in [0.29, 0.717) is 25.1 Å². The normalized spacial score (nSPS) is 23.6. The zero-order chi connectivity index (χ0) is 14.9. The molecule has 0 bridgehead atoms. The van der Waals surface area contributed by atoms with Gasteiger partial charge in [0.05, 0.1) is 4.90 Å². The summed E-state index contributed by atoms with van der Waals surface area (Å²) in [6.45, 7) is 4.50. The number of rotatable bonds is 3. The smallest absolute Gasteiger partial charge is 0.243 e. The third-order valence-electron chi connectivity index (χ3n) is 3.93. The van der Waals surface area contributed by atoms with E-state index in [1.54, 1.807) is 6.92 Å². The lowest BCUT2D eigenvalue weighted by Crippen LogP contribution is -2.48. The topological polar surface area (TPSA) is 63.4 Å². The number of hydrogen-bond acceptors (Lipinski definition) is 3. The summed E-state index contributed by atoms with van der Waals surface area (Å²) in [5.74, 6) is -0.363. The van der Waals surface area contributed by atoms with E-state index in [9.17, 15) is 12.8 Å². The van der Waals surface area contributed by atoms with Crippen LogP contribution < -0.4 is 5.73 Å². The van der Waals surface area contributed by atoms with Crippen molar-refractivity contribution in [1.29, 1.82) is 0 Å². The molecule has 7 heteroatoms. The van der Waals surface area contributed by atoms with Gasteiger partial charge in [0, 0.05) is 19.1 Å². The first-order valence-corrected chi connectivity index (χ1v) is 8.31. The van der Waals surface area contributed by atoms with Crippen LogP contribution >= 0.6 is 12.4 Å². The van der Waals surface area contributed by atoms with Crippen LogP contribution in [0.4, 0.5) is 4.39 Å². The maximum atomic E-state index is 13.4. The Kier molecular flexibility index (Phi) is 6.16. The van der Waals surface area contributed by atoms with Crippen LogP contribution in [0.5, 0.6) is 0 Å². The maximum absolute atomic E-state index is 13.4. The van der Waals surface area contributed by atoms with Gasteiger partial charge < -0.3 is 5.73 Å². The molecular formula is C14H22ClFN2O2S. The molecule has 1 aromatic carbocycles. The van der Waals surface area contributed by atoms with Crippen LogP contribution in [-0.2, 0) is 10.0 Å². The molecule has 1 heterocycles. The first-order valence-electron chi connectivity index (χ1n) is 6.87. The molecule has 21 heavy (non-hydrogen) atoms. The summed E-state index contributed by atoms with van der Waals surface area (Å²) in [6, 6.07) is 3.95. The van der Waals surface area contributed by atoms with Crippen LogP contribution in [-0.4, -0.2) is 31.9 Å². The molecule has 2 atom stereocenters. The average molecular weight is 337 g/mol. The van der Waals surface area contributed by atoms with Crippen LogP contribution in [0, 0.1) is 18.7 Å². The molecule has 1 saturated heterocycles. The summed E-state index contributed by atoms with van der Waals surface area (Å²) < 4.78 is 40.0. The number of sulfonamides is 1. The second kappa shape index (κ2) is 7.05. The molecule has 2 unspecified atom stereocenters. The molecular weight excluding hydrogens is 315 g/mol. The Labute approximate surface area is 132 Å². The fourth-order valence-corrected chi connectivity index (χ4v) is 4.30. The summed E-state index contributed by atoms with van der Waals surface area (Å²) in [5, 5.41) is 0. The van der Waals surface area contributed by atoms with Gasteiger partial charge in [0.2, 0.25) is 10.0 Å². The molecule has 4 nitrogen and oxygen atoms in total. The van der Waals surface area contributed by atoms with Gasteiger partial charge in [0.1, 0.15) is 5.82 Å². The van der Waals surface area contributed by atoms with Crippen molar-refractivity contribution >= 4 is 22.4 Å². The van der Waals surface area contributed by atoms with Crippen molar-refractivity contribution in [3.05, 3.63) is 29.6 Å². The number of piperidine rings is 1. The van der Waals surface area contributed by atoms with Gasteiger partial charge in [0.15, 0.2) is 0 Å². The van der Waals surface area contributed by atoms with Crippen molar-refractivity contribution in [2.24, 2.45) is 11.7 Å². The lowest BCUT2D eigenvalue weighted by Gasteiger charge is -2.35. The lowest BCUT2D eigenvalue weighted by atomic mass is 9.92. The van der Waals surface area contributed by atoms with Crippen molar-refractivity contribution in [3.63, 3.8) is 0 Å². The highest BCUT2D eigenvalue weighted by atomic mass is 35.5. The van der Waals surface area contributed by atoms with E-state index in [1.807, 2.05) is 6.92 Å². The minimum absolute atomic E-state index is 0. The van der Waals surface area contributed by atoms with E-state index < -0.39 is 15.8 Å². The molecule has 1 aromatic rings. The highest BCUT2D eigenvalue weighted by Gasteiger charge is 2.33. The zero-order valence-corrected chi connectivity index (χ0v) is 13.9. The van der Waals surface area contributed by atoms with Crippen LogP contribution in [0.1, 0.15) is 25.3 Å². The highest BCUT2D eigenvalue weighted by Crippen LogP contribution is 2.25. The van der Waals surface area contributed by atoms with E-state index in [-0.39, 0.29) is 29.3 Å². The van der Waals surface area contributed by atoms with Crippen molar-refractivity contribution in [1.82, 2.24) is 4.31 Å². The van der Waals surface area contributed by atoms with Gasteiger partial charge >= 0.3 is 0 Å². The molecule has 0 aromatic heterocycles. The van der Waals surface area contributed by atoms with Crippen LogP contribution in [0.25, 0.3) is 0 Å². The lowest BCUT2D eigenvalue weighted by molar-refractivity contribution is 0.230. The first kappa shape index (κ1) is 18.4. The molecule has 1 fully saturated rings. The number of benzene rings is 1. The van der Waals surface area contributed by atoms with Crippen molar-refractivity contribution < 1.29 is 12.8 Å². The average Bonchev–Trinajstić information content (AvgIpc) is 2.37. The monoisotopic (exact) mass is 336 g/mol. The molecule has 120 valence electrons. The Balaban J connectivity index is 0.00000220. The van der Waals surface area contributed by atoms with E-state index in [0.717, 1.165) is 12.5 Å². The number of hydrogen-bond donors (Lipinski definition) is 1. The molecule has 1 aliphatic rings. The van der Waals surface area contributed by atoms with Gasteiger partial charge in [-0.3, -0.25) is 0 Å². The van der Waals surface area contributed by atoms with Crippen molar-refractivity contribution in [3.8, 4) is 0 Å². The predicted molar refractivity (Wildman–Crippen MR) is 83.5 cm³/mol. The molecule has 0 spiro atoms. The standard InChI is InChI=1S/C14H21FN2O2S.ClH/c1-3-11-9-17(5-4-14(11)16)20(18,19)13-7-10(2)6-12(15)8-13;/h6-8,11,14H,3-5,9,16H2,1-2H3;1H. The molecule has 0 radical (unpaired) electrons. The van der Waals surface area contributed by atoms with Gasteiger partial charge in [-0.2, -0.15) is 4.31 Å². The number of nitrogens with two attached hydrogens (primary N) is 1. The summed E-state index contributed by atoms with van der Waals surface area (Å²) in [4.78, 5) is 0.0281. The van der Waals surface area contributed by atoms with Gasteiger partial charge in [-0.05, 0) is 43.0 Å². The number of aryl methyl sites for hydroxylation is 1. The van der Waals surface area contributed by atoms with Gasteiger partial charge in [0.25, 0.3) is 0 Å². The number of nitrogens with zero attached hydrogens (tertiary/aromatic N) is 1. The fourth-order valence-electron chi connectivity index (χ4n) is 2.67. The highest BCUT2D eigenvalue weighted by molar-refractivity contribution is 7.89. The summed E-state index contributed by atoms with van der Waals surface area (Å²) in [5.41, 5.74) is 6.60. The largest absolute Gasteiger partial charge is 0.327 e. The van der Waals surface area contributed by atoms with Crippen molar-refractivity contribution in [2.75, 3.05) is 13.1 Å². The third-order valence-corrected chi connectivity index (χ3v) is 5.78. The van der Waals surface area contributed by atoms with Crippen LogP contribution in [0.3, 0.4) is 0 Å². The van der Waals surface area contributed by atoms with Crippen molar-refractivity contribution in [2.45, 2.75) is 37.6 Å². The van der Waals surface area contributed by atoms with E-state index in [4.69, 9.17) is 5.73 Å². The Morgan fingerprint density at radius 1 is 1.38 bits per heavy atom. The zero-order valence-electron chi connectivity index (χ0n) is 12.3. The van der Waals surface area contributed by atoms with Gasteiger partial charge in [-0.15, -0.1) is 12.4 Å². The van der Waals surface area contributed by atoms with Gasteiger partial charge in [-0.1, -0.05) is 13.3 Å². The third kappa shape index (κ3) is 3.94. The molecule has 2 rings (SSSR count). The van der Waals surface area contributed by atoms with E-state index in [2.05, 4.69) is 0 Å². The Morgan fingerprint density at radius 2 is 2.05 bits per heavy atom. The second-order valence-corrected chi connectivity index (χ2v) is 7.39. The Bertz CT molecular complexity index is 574. The molecule has 1 aliphatic heterocycles. The minimum Gasteiger partial charge on any atom is -0.327 e. The van der Waals surface area contributed by atoms with Crippen LogP contribution in [0.15, 0.2) is 23.1 Å². The second-order valence-electron chi connectivity index (χ2n) is 5.45. The molecule has 0 amide bonds. The Morgan fingerprint density at radius 3 is 2.62 bits per heavy atom. The van der Waals surface area contributed by atoms with Crippen LogP contribution in [0.2, 0.25) is 0 Å². The Hall–Kier alpha value is -0.690.